The van der Waals surface area contributed by atoms with Crippen LogP contribution >= 0.6 is 0 Å². The van der Waals surface area contributed by atoms with Gasteiger partial charge in [-0.05, 0) is 24.6 Å². The van der Waals surface area contributed by atoms with Crippen LogP contribution in [0, 0.1) is 12.7 Å². The van der Waals surface area contributed by atoms with E-state index in [0.717, 1.165) is 10.4 Å². The number of rotatable bonds is 7. The molecule has 5 nitrogen and oxygen atoms in total. The van der Waals surface area contributed by atoms with E-state index in [0.29, 0.717) is 5.56 Å². The maximum atomic E-state index is 13.5. The molecule has 7 heteroatoms. The maximum absolute atomic E-state index is 13.5. The molecule has 0 unspecified atom stereocenters. The Labute approximate surface area is 112 Å². The summed E-state index contributed by atoms with van der Waals surface area (Å²) < 4.78 is 43.9. The van der Waals surface area contributed by atoms with Crippen LogP contribution in [0.4, 0.5) is 4.39 Å². The topological polar surface area (TPSA) is 66.8 Å². The fourth-order valence-corrected chi connectivity index (χ4v) is 2.97. The summed E-state index contributed by atoms with van der Waals surface area (Å²) in [6.45, 7) is 1.50. The van der Waals surface area contributed by atoms with Crippen LogP contribution in [0.15, 0.2) is 23.1 Å². The van der Waals surface area contributed by atoms with Gasteiger partial charge in [-0.25, -0.2) is 12.8 Å². The van der Waals surface area contributed by atoms with Crippen LogP contribution < -0.4 is 0 Å². The number of benzene rings is 1. The minimum absolute atomic E-state index is 0.0544. The zero-order valence-corrected chi connectivity index (χ0v) is 11.8. The van der Waals surface area contributed by atoms with Crippen molar-refractivity contribution in [1.82, 2.24) is 4.31 Å². The molecule has 0 aliphatic carbocycles. The number of ether oxygens (including phenoxy) is 1. The molecule has 1 rings (SSSR count). The minimum Gasteiger partial charge on any atom is -0.395 e. The van der Waals surface area contributed by atoms with Gasteiger partial charge in [0.2, 0.25) is 10.0 Å². The smallest absolute Gasteiger partial charge is 0.243 e. The van der Waals surface area contributed by atoms with E-state index in [1.54, 1.807) is 6.92 Å². The molecule has 0 atom stereocenters. The number of aliphatic hydroxyl groups excluding tert-OH is 1. The number of nitrogens with zero attached hydrogens (tertiary/aromatic N) is 1. The highest BCUT2D eigenvalue weighted by Crippen LogP contribution is 2.18. The Hall–Kier alpha value is -1.02. The molecule has 108 valence electrons. The molecule has 19 heavy (non-hydrogen) atoms. The molecule has 0 saturated carbocycles. The SMILES string of the molecule is COCCN(CCO)S(=O)(=O)c1ccc(C)c(F)c1. The number of aliphatic hydroxyl groups is 1. The van der Waals surface area contributed by atoms with Crippen LogP contribution in [0.3, 0.4) is 0 Å². The molecule has 0 aliphatic rings. The highest BCUT2D eigenvalue weighted by atomic mass is 32.2. The molecule has 0 bridgehead atoms. The molecular weight excluding hydrogens is 273 g/mol. The van der Waals surface area contributed by atoms with E-state index in [1.165, 1.54) is 19.2 Å². The van der Waals surface area contributed by atoms with Gasteiger partial charge < -0.3 is 9.84 Å². The first-order valence-corrected chi connectivity index (χ1v) is 7.23. The van der Waals surface area contributed by atoms with Gasteiger partial charge in [0, 0.05) is 20.2 Å². The first-order valence-electron chi connectivity index (χ1n) is 5.79. The monoisotopic (exact) mass is 291 g/mol. The molecule has 0 aromatic heterocycles. The zero-order chi connectivity index (χ0) is 14.5. The second-order valence-electron chi connectivity index (χ2n) is 4.03. The molecule has 0 amide bonds. The Balaban J connectivity index is 3.07. The number of halogens is 1. The fraction of sp³-hybridized carbons (Fsp3) is 0.500. The lowest BCUT2D eigenvalue weighted by molar-refractivity contribution is 0.168. The molecule has 0 aliphatic heterocycles. The Morgan fingerprint density at radius 3 is 2.58 bits per heavy atom. The lowest BCUT2D eigenvalue weighted by Gasteiger charge is -2.21. The summed E-state index contributed by atoms with van der Waals surface area (Å²) in [7, 11) is -2.37. The highest BCUT2D eigenvalue weighted by molar-refractivity contribution is 7.89. The maximum Gasteiger partial charge on any atom is 0.243 e. The molecule has 1 aromatic carbocycles. The van der Waals surface area contributed by atoms with Crippen LogP contribution in [0.5, 0.6) is 0 Å². The first-order chi connectivity index (χ1) is 8.93. The van der Waals surface area contributed by atoms with Gasteiger partial charge in [-0.1, -0.05) is 6.07 Å². The number of aryl methyl sites for hydroxylation is 1. The summed E-state index contributed by atoms with van der Waals surface area (Å²) in [5.74, 6) is -0.572. The van der Waals surface area contributed by atoms with Crippen molar-refractivity contribution in [3.63, 3.8) is 0 Å². The predicted molar refractivity (Wildman–Crippen MR) is 68.9 cm³/mol. The number of hydrogen-bond acceptors (Lipinski definition) is 4. The highest BCUT2D eigenvalue weighted by Gasteiger charge is 2.24. The van der Waals surface area contributed by atoms with Crippen LogP contribution in [-0.4, -0.2) is 51.2 Å². The molecule has 0 spiro atoms. The van der Waals surface area contributed by atoms with E-state index in [1.807, 2.05) is 0 Å². The Morgan fingerprint density at radius 2 is 2.05 bits per heavy atom. The van der Waals surface area contributed by atoms with E-state index >= 15 is 0 Å². The van der Waals surface area contributed by atoms with E-state index in [4.69, 9.17) is 9.84 Å². The van der Waals surface area contributed by atoms with Crippen molar-refractivity contribution in [3.8, 4) is 0 Å². The third-order valence-electron chi connectivity index (χ3n) is 2.68. The lowest BCUT2D eigenvalue weighted by atomic mass is 10.2. The second-order valence-corrected chi connectivity index (χ2v) is 5.97. The average molecular weight is 291 g/mol. The summed E-state index contributed by atoms with van der Waals surface area (Å²) in [6, 6.07) is 3.75. The third kappa shape index (κ3) is 3.97. The second kappa shape index (κ2) is 6.95. The van der Waals surface area contributed by atoms with Crippen molar-refractivity contribution in [2.24, 2.45) is 0 Å². The van der Waals surface area contributed by atoms with E-state index < -0.39 is 15.8 Å². The fourth-order valence-electron chi connectivity index (χ4n) is 1.54. The quantitative estimate of drug-likeness (QED) is 0.805. The molecule has 0 heterocycles. The normalized spacial score (nSPS) is 12.1. The molecular formula is C12H18FNO4S. The summed E-state index contributed by atoms with van der Waals surface area (Å²) >= 11 is 0. The Bertz CT molecular complexity index is 518. The van der Waals surface area contributed by atoms with Crippen molar-refractivity contribution in [3.05, 3.63) is 29.6 Å². The van der Waals surface area contributed by atoms with Gasteiger partial charge in [-0.15, -0.1) is 0 Å². The van der Waals surface area contributed by atoms with Crippen molar-refractivity contribution >= 4 is 10.0 Å². The van der Waals surface area contributed by atoms with Crippen LogP contribution in [-0.2, 0) is 14.8 Å². The average Bonchev–Trinajstić information content (AvgIpc) is 2.37. The van der Waals surface area contributed by atoms with Crippen molar-refractivity contribution in [2.45, 2.75) is 11.8 Å². The third-order valence-corrected chi connectivity index (χ3v) is 4.57. The van der Waals surface area contributed by atoms with E-state index in [-0.39, 0.29) is 31.2 Å². The molecule has 1 N–H and O–H groups in total. The number of methoxy groups -OCH3 is 1. The van der Waals surface area contributed by atoms with Gasteiger partial charge in [-0.3, -0.25) is 0 Å². The summed E-state index contributed by atoms with van der Waals surface area (Å²) in [5.41, 5.74) is 0.379. The van der Waals surface area contributed by atoms with Crippen LogP contribution in [0.2, 0.25) is 0 Å². The van der Waals surface area contributed by atoms with E-state index in [9.17, 15) is 12.8 Å². The van der Waals surface area contributed by atoms with Gasteiger partial charge in [0.05, 0.1) is 18.1 Å². The summed E-state index contributed by atoms with van der Waals surface area (Å²) in [5, 5.41) is 8.92. The number of hydrogen-bond donors (Lipinski definition) is 1. The van der Waals surface area contributed by atoms with Gasteiger partial charge in [0.25, 0.3) is 0 Å². The van der Waals surface area contributed by atoms with E-state index in [2.05, 4.69) is 0 Å². The lowest BCUT2D eigenvalue weighted by Crippen LogP contribution is -2.36. The van der Waals surface area contributed by atoms with Gasteiger partial charge >= 0.3 is 0 Å². The first kappa shape index (κ1) is 16.0. The number of sulfonamides is 1. The Morgan fingerprint density at radius 1 is 1.37 bits per heavy atom. The summed E-state index contributed by atoms with van der Waals surface area (Å²) in [6.07, 6.45) is 0. The van der Waals surface area contributed by atoms with Gasteiger partial charge in [-0.2, -0.15) is 4.31 Å². The van der Waals surface area contributed by atoms with Crippen LogP contribution in [0.1, 0.15) is 5.56 Å². The van der Waals surface area contributed by atoms with Gasteiger partial charge in [0.15, 0.2) is 0 Å². The molecule has 0 fully saturated rings. The van der Waals surface area contributed by atoms with Crippen LogP contribution in [0.25, 0.3) is 0 Å². The van der Waals surface area contributed by atoms with Crippen molar-refractivity contribution < 1.29 is 22.7 Å². The molecule has 0 radical (unpaired) electrons. The van der Waals surface area contributed by atoms with Crippen molar-refractivity contribution in [1.29, 1.82) is 0 Å². The minimum atomic E-state index is -3.82. The van der Waals surface area contributed by atoms with Crippen molar-refractivity contribution in [2.75, 3.05) is 33.4 Å². The Kier molecular flexibility index (Phi) is 5.86. The predicted octanol–water partition coefficient (Wildman–Crippen LogP) is 0.764. The zero-order valence-electron chi connectivity index (χ0n) is 11.0. The molecule has 0 saturated heterocycles. The largest absolute Gasteiger partial charge is 0.395 e. The summed E-state index contributed by atoms with van der Waals surface area (Å²) in [4.78, 5) is -0.125. The molecule has 1 aromatic rings. The van der Waals surface area contributed by atoms with Gasteiger partial charge in [0.1, 0.15) is 5.82 Å². The standard InChI is InChI=1S/C12H18FNO4S/c1-10-3-4-11(9-12(10)13)19(16,17)14(5-7-15)6-8-18-2/h3-4,9,15H,5-8H2,1-2H3.